The van der Waals surface area contributed by atoms with Gasteiger partial charge in [0.25, 0.3) is 0 Å². The molecule has 0 aromatic rings. The first kappa shape index (κ1) is 25.3. The van der Waals surface area contributed by atoms with Crippen LogP contribution in [0.5, 0.6) is 0 Å². The lowest BCUT2D eigenvalue weighted by Gasteiger charge is -2.38. The fraction of sp³-hybridized carbons (Fsp3) is 1.00. The van der Waals surface area contributed by atoms with Gasteiger partial charge >= 0.3 is 0 Å². The molecule has 0 N–H and O–H groups in total. The summed E-state index contributed by atoms with van der Waals surface area (Å²) in [5.74, 6) is 0. The smallest absolute Gasteiger partial charge is 0.0150 e. The molecule has 3 atom stereocenters. The highest BCUT2D eigenvalue weighted by Crippen LogP contribution is 2.44. The lowest BCUT2D eigenvalue weighted by atomic mass is 9.82. The Morgan fingerprint density at radius 2 is 0.667 bits per heavy atom. The lowest BCUT2D eigenvalue weighted by Crippen LogP contribution is -2.30. The van der Waals surface area contributed by atoms with E-state index in [4.69, 9.17) is 0 Å². The Kier molecular flexibility index (Phi) is 13.3. The van der Waals surface area contributed by atoms with Gasteiger partial charge in [-0.2, -0.15) is 0 Å². The van der Waals surface area contributed by atoms with Crippen LogP contribution in [0.15, 0.2) is 0 Å². The maximum absolute atomic E-state index is 3.28. The zero-order chi connectivity index (χ0) is 18.7. The summed E-state index contributed by atoms with van der Waals surface area (Å²) in [5.41, 5.74) is 0. The van der Waals surface area contributed by atoms with Gasteiger partial charge in [0.2, 0.25) is 0 Å². The third-order valence-corrected chi connectivity index (χ3v) is 8.65. The molecule has 0 saturated heterocycles. The Morgan fingerprint density at radius 1 is 0.417 bits per heavy atom. The summed E-state index contributed by atoms with van der Waals surface area (Å²) in [4.78, 5) is 0. The van der Waals surface area contributed by atoms with Crippen molar-refractivity contribution in [2.75, 3.05) is 0 Å². The van der Waals surface area contributed by atoms with E-state index in [1.54, 1.807) is 0 Å². The molecule has 0 bridgehead atoms. The van der Waals surface area contributed by atoms with E-state index in [0.717, 1.165) is 0 Å². The first-order valence-electron chi connectivity index (χ1n) is 10.6. The van der Waals surface area contributed by atoms with Crippen molar-refractivity contribution in [3.05, 3.63) is 0 Å². The van der Waals surface area contributed by atoms with Crippen LogP contribution in [0, 0.1) is 0 Å². The summed E-state index contributed by atoms with van der Waals surface area (Å²) in [6, 6.07) is 0. The molecule has 0 rings (SSSR count). The normalized spacial score (nSPS) is 13.5. The fourth-order valence-electron chi connectivity index (χ4n) is 4.22. The second-order valence-electron chi connectivity index (χ2n) is 8.44. The van der Waals surface area contributed by atoms with Gasteiger partial charge in [-0.1, -0.05) is 60.3 Å². The van der Waals surface area contributed by atoms with Gasteiger partial charge in [-0.05, 0) is 73.3 Å². The third kappa shape index (κ3) is 9.84. The Labute approximate surface area is 161 Å². The Morgan fingerprint density at radius 3 is 0.875 bits per heavy atom. The van der Waals surface area contributed by atoms with Gasteiger partial charge in [-0.3, -0.25) is 0 Å². The predicted molar refractivity (Wildman–Crippen MR) is 126 cm³/mol. The first-order valence-corrected chi connectivity index (χ1v) is 12.3. The van der Waals surface area contributed by atoms with Crippen LogP contribution in [-0.4, -0.2) is 15.5 Å². The van der Waals surface area contributed by atoms with Gasteiger partial charge in [-0.25, -0.2) is 0 Å². The van der Waals surface area contributed by atoms with Crippen LogP contribution in [0.2, 0.25) is 0 Å². The molecule has 0 aliphatic rings. The highest BCUT2D eigenvalue weighted by atomic mass is 31.0. The maximum atomic E-state index is 3.28. The monoisotopic (exact) mass is 392 g/mol. The molecule has 0 aliphatic heterocycles. The molecular weight excluding hydrogens is 345 g/mol. The van der Waals surface area contributed by atoms with Gasteiger partial charge in [0.05, 0.1) is 0 Å². The van der Waals surface area contributed by atoms with E-state index in [9.17, 15) is 0 Å². The van der Waals surface area contributed by atoms with E-state index in [1.807, 2.05) is 0 Å². The van der Waals surface area contributed by atoms with Gasteiger partial charge < -0.3 is 0 Å². The molecule has 0 radical (unpaired) electrons. The van der Waals surface area contributed by atoms with Crippen molar-refractivity contribution in [1.29, 1.82) is 0 Å². The van der Waals surface area contributed by atoms with Crippen molar-refractivity contribution in [2.24, 2.45) is 0 Å². The van der Waals surface area contributed by atoms with Crippen molar-refractivity contribution in [2.45, 2.75) is 134 Å². The largest absolute Gasteiger partial charge is 0.131 e. The molecule has 3 heteroatoms. The summed E-state index contributed by atoms with van der Waals surface area (Å²) >= 11 is 0. The van der Waals surface area contributed by atoms with Crippen LogP contribution in [0.3, 0.4) is 0 Å². The van der Waals surface area contributed by atoms with E-state index in [0.29, 0.717) is 15.5 Å². The molecule has 0 heterocycles. The minimum absolute atomic E-state index is 0.437. The van der Waals surface area contributed by atoms with E-state index in [1.165, 1.54) is 83.5 Å². The fourth-order valence-corrected chi connectivity index (χ4v) is 5.95. The SMILES string of the molecule is CCCC(P)(CCC)CCC(P)(CC)CCC(P)(CCC)CCC. The van der Waals surface area contributed by atoms with Crippen molar-refractivity contribution in [3.8, 4) is 0 Å². The molecule has 0 aromatic heterocycles. The van der Waals surface area contributed by atoms with Gasteiger partial charge in [0.1, 0.15) is 0 Å². The zero-order valence-electron chi connectivity index (χ0n) is 17.4. The minimum atomic E-state index is 0.437. The van der Waals surface area contributed by atoms with E-state index < -0.39 is 0 Å². The first-order chi connectivity index (χ1) is 11.2. The summed E-state index contributed by atoms with van der Waals surface area (Å²) in [6.07, 6.45) is 17.4. The molecule has 0 aromatic carbocycles. The molecular formula is C21H47P3. The molecule has 0 aliphatic carbocycles. The summed E-state index contributed by atoms with van der Waals surface area (Å²) in [7, 11) is 9.75. The number of hydrogen-bond donors (Lipinski definition) is 0. The van der Waals surface area contributed by atoms with Gasteiger partial charge in [-0.15, -0.1) is 27.7 Å². The minimum Gasteiger partial charge on any atom is -0.131 e. The molecule has 0 spiro atoms. The van der Waals surface area contributed by atoms with Crippen molar-refractivity contribution in [1.82, 2.24) is 0 Å². The summed E-state index contributed by atoms with van der Waals surface area (Å²) in [6.45, 7) is 11.7. The summed E-state index contributed by atoms with van der Waals surface area (Å²) < 4.78 is 0. The van der Waals surface area contributed by atoms with Crippen molar-refractivity contribution < 1.29 is 0 Å². The molecule has 3 unspecified atom stereocenters. The highest BCUT2D eigenvalue weighted by Gasteiger charge is 2.32. The van der Waals surface area contributed by atoms with Crippen LogP contribution in [0.25, 0.3) is 0 Å². The van der Waals surface area contributed by atoms with Crippen molar-refractivity contribution in [3.63, 3.8) is 0 Å². The van der Waals surface area contributed by atoms with E-state index in [-0.39, 0.29) is 0 Å². The second-order valence-corrected chi connectivity index (χ2v) is 12.1. The van der Waals surface area contributed by atoms with Crippen LogP contribution < -0.4 is 0 Å². The average Bonchev–Trinajstić information content (AvgIpc) is 2.52. The number of hydrogen-bond acceptors (Lipinski definition) is 0. The van der Waals surface area contributed by atoms with E-state index in [2.05, 4.69) is 62.3 Å². The van der Waals surface area contributed by atoms with Gasteiger partial charge in [0.15, 0.2) is 0 Å². The lowest BCUT2D eigenvalue weighted by molar-refractivity contribution is 0.355. The standard InChI is InChI=1S/C21H47P3/c1-6-11-20(23,12-7-2)17-15-19(22,10-5)16-18-21(24,13-8-3)14-9-4/h6-18,22-24H2,1-5H3. The van der Waals surface area contributed by atoms with E-state index >= 15 is 0 Å². The second kappa shape index (κ2) is 12.6. The maximum Gasteiger partial charge on any atom is -0.0150 e. The van der Waals surface area contributed by atoms with Crippen LogP contribution in [-0.2, 0) is 0 Å². The third-order valence-electron chi connectivity index (χ3n) is 5.94. The Bertz CT molecular complexity index is 276. The Hall–Kier alpha value is 1.29. The quantitative estimate of drug-likeness (QED) is 0.248. The molecule has 0 amide bonds. The molecule has 146 valence electrons. The molecule has 0 nitrogen and oxygen atoms in total. The number of rotatable bonds is 15. The topological polar surface area (TPSA) is 0 Å². The molecule has 0 saturated carbocycles. The Balaban J connectivity index is 4.76. The molecule has 24 heavy (non-hydrogen) atoms. The predicted octanol–water partition coefficient (Wildman–Crippen LogP) is 8.00. The van der Waals surface area contributed by atoms with Crippen LogP contribution in [0.4, 0.5) is 0 Å². The molecule has 0 fully saturated rings. The highest BCUT2D eigenvalue weighted by molar-refractivity contribution is 7.19. The summed E-state index contributed by atoms with van der Waals surface area (Å²) in [5, 5.41) is 1.39. The van der Waals surface area contributed by atoms with Gasteiger partial charge in [0, 0.05) is 0 Å². The van der Waals surface area contributed by atoms with Crippen molar-refractivity contribution >= 4 is 27.7 Å². The van der Waals surface area contributed by atoms with Crippen LogP contribution in [0.1, 0.15) is 118 Å². The average molecular weight is 393 g/mol. The van der Waals surface area contributed by atoms with Crippen LogP contribution >= 0.6 is 27.7 Å². The zero-order valence-corrected chi connectivity index (χ0v) is 20.9.